The molecular formula is C16H23NO2. The molecule has 0 saturated carbocycles. The van der Waals surface area contributed by atoms with E-state index in [4.69, 9.17) is 4.74 Å². The van der Waals surface area contributed by atoms with Gasteiger partial charge in [-0.3, -0.25) is 4.79 Å². The van der Waals surface area contributed by atoms with Crippen LogP contribution < -0.4 is 0 Å². The molecule has 1 saturated heterocycles. The predicted molar refractivity (Wildman–Crippen MR) is 75.9 cm³/mol. The summed E-state index contributed by atoms with van der Waals surface area (Å²) in [5, 5.41) is 0. The van der Waals surface area contributed by atoms with Crippen LogP contribution in [-0.4, -0.2) is 37.1 Å². The van der Waals surface area contributed by atoms with Gasteiger partial charge in [-0.05, 0) is 37.7 Å². The average Bonchev–Trinajstić information content (AvgIpc) is 2.47. The van der Waals surface area contributed by atoms with Crippen LogP contribution in [0, 0.1) is 5.92 Å². The molecule has 1 atom stereocenters. The summed E-state index contributed by atoms with van der Waals surface area (Å²) in [6.07, 6.45) is 3.00. The molecule has 0 radical (unpaired) electrons. The minimum absolute atomic E-state index is 0.126. The van der Waals surface area contributed by atoms with Crippen LogP contribution in [0.1, 0.15) is 25.3 Å². The molecule has 3 heteroatoms. The summed E-state index contributed by atoms with van der Waals surface area (Å²) in [6, 6.07) is 10.6. The summed E-state index contributed by atoms with van der Waals surface area (Å²) in [5.74, 6) is 0.824. The van der Waals surface area contributed by atoms with Gasteiger partial charge in [0, 0.05) is 20.2 Å². The van der Waals surface area contributed by atoms with Crippen molar-refractivity contribution in [1.82, 2.24) is 4.90 Å². The fourth-order valence-corrected chi connectivity index (χ4v) is 2.66. The van der Waals surface area contributed by atoms with Crippen LogP contribution in [0.3, 0.4) is 0 Å². The van der Waals surface area contributed by atoms with Crippen LogP contribution in [0.15, 0.2) is 30.3 Å². The molecule has 3 nitrogen and oxygen atoms in total. The van der Waals surface area contributed by atoms with Crippen molar-refractivity contribution in [3.05, 3.63) is 35.9 Å². The number of carbonyl (C=O) groups is 1. The minimum atomic E-state index is -0.314. The molecule has 0 aliphatic carbocycles. The highest BCUT2D eigenvalue weighted by Gasteiger charge is 2.25. The molecule has 1 aromatic rings. The topological polar surface area (TPSA) is 29.5 Å². The summed E-state index contributed by atoms with van der Waals surface area (Å²) in [7, 11) is 1.59. The molecule has 1 amide bonds. The number of piperidine rings is 1. The van der Waals surface area contributed by atoms with Gasteiger partial charge in [-0.25, -0.2) is 0 Å². The fourth-order valence-electron chi connectivity index (χ4n) is 2.66. The summed E-state index contributed by atoms with van der Waals surface area (Å²) < 4.78 is 5.10. The van der Waals surface area contributed by atoms with E-state index in [1.165, 1.54) is 5.56 Å². The molecule has 0 spiro atoms. The quantitative estimate of drug-likeness (QED) is 0.833. The number of rotatable bonds is 4. The first kappa shape index (κ1) is 14.1. The number of nitrogens with zero attached hydrogens (tertiary/aromatic N) is 1. The fraction of sp³-hybridized carbons (Fsp3) is 0.562. The van der Waals surface area contributed by atoms with E-state index in [0.29, 0.717) is 5.92 Å². The Balaban J connectivity index is 1.81. The summed E-state index contributed by atoms with van der Waals surface area (Å²) in [4.78, 5) is 13.9. The molecule has 1 unspecified atom stereocenters. The maximum atomic E-state index is 12.0. The molecule has 2 rings (SSSR count). The zero-order valence-electron chi connectivity index (χ0n) is 11.8. The second-order valence-corrected chi connectivity index (χ2v) is 5.34. The second-order valence-electron chi connectivity index (χ2n) is 5.34. The Hall–Kier alpha value is -1.35. The zero-order valence-corrected chi connectivity index (χ0v) is 11.8. The number of likely N-dealkylation sites (tertiary alicyclic amines) is 1. The monoisotopic (exact) mass is 261 g/mol. The van der Waals surface area contributed by atoms with Crippen molar-refractivity contribution < 1.29 is 9.53 Å². The average molecular weight is 261 g/mol. The van der Waals surface area contributed by atoms with Gasteiger partial charge in [-0.2, -0.15) is 0 Å². The van der Waals surface area contributed by atoms with Gasteiger partial charge in [0.1, 0.15) is 6.10 Å². The lowest BCUT2D eigenvalue weighted by Crippen LogP contribution is -2.43. The first-order valence-electron chi connectivity index (χ1n) is 7.06. The van der Waals surface area contributed by atoms with Crippen LogP contribution >= 0.6 is 0 Å². The zero-order chi connectivity index (χ0) is 13.7. The summed E-state index contributed by atoms with van der Waals surface area (Å²) in [5.41, 5.74) is 1.40. The molecule has 0 aromatic heterocycles. The van der Waals surface area contributed by atoms with Crippen molar-refractivity contribution in [2.45, 2.75) is 32.3 Å². The molecule has 0 N–H and O–H groups in total. The van der Waals surface area contributed by atoms with Crippen LogP contribution in [0.5, 0.6) is 0 Å². The summed E-state index contributed by atoms with van der Waals surface area (Å²) >= 11 is 0. The number of hydrogen-bond acceptors (Lipinski definition) is 2. The lowest BCUT2D eigenvalue weighted by atomic mass is 9.90. The maximum absolute atomic E-state index is 12.0. The smallest absolute Gasteiger partial charge is 0.251 e. The summed E-state index contributed by atoms with van der Waals surface area (Å²) in [6.45, 7) is 3.55. The van der Waals surface area contributed by atoms with Crippen molar-refractivity contribution in [2.24, 2.45) is 5.92 Å². The van der Waals surface area contributed by atoms with Crippen molar-refractivity contribution in [2.75, 3.05) is 20.2 Å². The van der Waals surface area contributed by atoms with Gasteiger partial charge in [0.25, 0.3) is 5.91 Å². The lowest BCUT2D eigenvalue weighted by Gasteiger charge is -2.33. The van der Waals surface area contributed by atoms with E-state index in [1.807, 2.05) is 11.8 Å². The Morgan fingerprint density at radius 1 is 1.32 bits per heavy atom. The van der Waals surface area contributed by atoms with Crippen molar-refractivity contribution in [1.29, 1.82) is 0 Å². The molecule has 19 heavy (non-hydrogen) atoms. The van der Waals surface area contributed by atoms with Gasteiger partial charge in [0.05, 0.1) is 0 Å². The highest BCUT2D eigenvalue weighted by atomic mass is 16.5. The normalized spacial score (nSPS) is 18.3. The van der Waals surface area contributed by atoms with Gasteiger partial charge >= 0.3 is 0 Å². The molecule has 0 bridgehead atoms. The number of ether oxygens (including phenoxy) is 1. The van der Waals surface area contributed by atoms with E-state index < -0.39 is 0 Å². The van der Waals surface area contributed by atoms with Gasteiger partial charge in [0.2, 0.25) is 0 Å². The third kappa shape index (κ3) is 3.80. The van der Waals surface area contributed by atoms with Crippen LogP contribution in [0.4, 0.5) is 0 Å². The third-order valence-electron chi connectivity index (χ3n) is 3.99. The van der Waals surface area contributed by atoms with Gasteiger partial charge < -0.3 is 9.64 Å². The van der Waals surface area contributed by atoms with Crippen LogP contribution in [0.25, 0.3) is 0 Å². The molecular weight excluding hydrogens is 238 g/mol. The molecule has 104 valence electrons. The molecule has 1 heterocycles. The predicted octanol–water partition coefficient (Wildman–Crippen LogP) is 2.50. The minimum Gasteiger partial charge on any atom is -0.372 e. The number of hydrogen-bond donors (Lipinski definition) is 0. The van der Waals surface area contributed by atoms with E-state index in [2.05, 4.69) is 30.3 Å². The number of methoxy groups -OCH3 is 1. The number of benzene rings is 1. The number of carbonyl (C=O) groups excluding carboxylic acids is 1. The largest absolute Gasteiger partial charge is 0.372 e. The second kappa shape index (κ2) is 6.71. The first-order valence-corrected chi connectivity index (χ1v) is 7.06. The van der Waals surface area contributed by atoms with E-state index in [0.717, 1.165) is 32.4 Å². The Labute approximate surface area is 115 Å². The SMILES string of the molecule is COC(C)C(=O)N1CCC(Cc2ccccc2)CC1. The van der Waals surface area contributed by atoms with Crippen molar-refractivity contribution in [3.8, 4) is 0 Å². The van der Waals surface area contributed by atoms with Gasteiger partial charge in [-0.1, -0.05) is 30.3 Å². The van der Waals surface area contributed by atoms with Gasteiger partial charge in [-0.15, -0.1) is 0 Å². The Morgan fingerprint density at radius 2 is 1.95 bits per heavy atom. The Morgan fingerprint density at radius 3 is 2.53 bits per heavy atom. The number of amides is 1. The third-order valence-corrected chi connectivity index (χ3v) is 3.99. The molecule has 1 aliphatic heterocycles. The lowest BCUT2D eigenvalue weighted by molar-refractivity contribution is -0.142. The van der Waals surface area contributed by atoms with Crippen molar-refractivity contribution in [3.63, 3.8) is 0 Å². The highest BCUT2D eigenvalue weighted by Crippen LogP contribution is 2.22. The van der Waals surface area contributed by atoms with Crippen LogP contribution in [0.2, 0.25) is 0 Å². The standard InChI is InChI=1S/C16H23NO2/c1-13(19-2)16(18)17-10-8-15(9-11-17)12-14-6-4-3-5-7-14/h3-7,13,15H,8-12H2,1-2H3. The van der Waals surface area contributed by atoms with Gasteiger partial charge in [0.15, 0.2) is 0 Å². The molecule has 1 aromatic carbocycles. The van der Waals surface area contributed by atoms with E-state index in [1.54, 1.807) is 7.11 Å². The Kier molecular flexibility index (Phi) is 4.97. The Bertz CT molecular complexity index is 396. The molecule has 1 fully saturated rings. The maximum Gasteiger partial charge on any atom is 0.251 e. The van der Waals surface area contributed by atoms with Crippen molar-refractivity contribution >= 4 is 5.91 Å². The van der Waals surface area contributed by atoms with Crippen LogP contribution in [-0.2, 0) is 16.0 Å². The highest BCUT2D eigenvalue weighted by molar-refractivity contribution is 5.80. The van der Waals surface area contributed by atoms with E-state index >= 15 is 0 Å². The van der Waals surface area contributed by atoms with E-state index in [-0.39, 0.29) is 12.0 Å². The molecule has 1 aliphatic rings. The van der Waals surface area contributed by atoms with E-state index in [9.17, 15) is 4.79 Å². The first-order chi connectivity index (χ1) is 9.20.